The van der Waals surface area contributed by atoms with Crippen molar-refractivity contribution in [2.75, 3.05) is 20.2 Å². The minimum Gasteiger partial charge on any atom is -0.462 e. The van der Waals surface area contributed by atoms with E-state index in [2.05, 4.69) is 5.10 Å². The first kappa shape index (κ1) is 21.8. The highest BCUT2D eigenvalue weighted by atomic mass is 16.5. The summed E-state index contributed by atoms with van der Waals surface area (Å²) in [6.07, 6.45) is 1.53. The van der Waals surface area contributed by atoms with Crippen LogP contribution in [0.15, 0.2) is 87.6 Å². The van der Waals surface area contributed by atoms with Crippen molar-refractivity contribution >= 4 is 17.4 Å². The van der Waals surface area contributed by atoms with Crippen molar-refractivity contribution in [1.29, 1.82) is 0 Å². The number of esters is 1. The number of likely N-dealkylation sites (N-methyl/N-ethyl adjacent to an activating group) is 1. The van der Waals surface area contributed by atoms with Crippen LogP contribution in [0, 0.1) is 0 Å². The van der Waals surface area contributed by atoms with Gasteiger partial charge in [0.2, 0.25) is 0 Å². The Hall–Kier alpha value is -4.40. The lowest BCUT2D eigenvalue weighted by Crippen LogP contribution is -2.34. The standard InChI is InChI=1S/C24H22N4O5/c1-3-33-22(30)20-18(21(29)16-10-6-4-7-11-16)14-26(2)15-19(20)28-24(32)27(23(31)25-28)17-12-8-5-9-13-17/h4-13,15H,3,14H2,1-2H3,(H,25,31). The molecule has 0 bridgehead atoms. The third-order valence-electron chi connectivity index (χ3n) is 5.15. The van der Waals surface area contributed by atoms with Gasteiger partial charge in [-0.15, -0.1) is 0 Å². The number of aromatic amines is 1. The van der Waals surface area contributed by atoms with Gasteiger partial charge in [0, 0.05) is 30.9 Å². The highest BCUT2D eigenvalue weighted by Gasteiger charge is 2.32. The van der Waals surface area contributed by atoms with Crippen molar-refractivity contribution in [2.45, 2.75) is 6.92 Å². The van der Waals surface area contributed by atoms with E-state index in [1.165, 1.54) is 6.20 Å². The number of nitrogens with one attached hydrogen (secondary N) is 1. The molecule has 0 amide bonds. The lowest BCUT2D eigenvalue weighted by Gasteiger charge is -2.26. The number of para-hydroxylation sites is 1. The number of ether oxygens (including phenoxy) is 1. The Morgan fingerprint density at radius 1 is 1.00 bits per heavy atom. The van der Waals surface area contributed by atoms with Gasteiger partial charge in [0.15, 0.2) is 5.78 Å². The van der Waals surface area contributed by atoms with E-state index in [-0.39, 0.29) is 35.8 Å². The highest BCUT2D eigenvalue weighted by Crippen LogP contribution is 2.28. The Labute approximate surface area is 188 Å². The van der Waals surface area contributed by atoms with Crippen molar-refractivity contribution < 1.29 is 14.3 Å². The number of carbonyl (C=O) groups is 2. The Morgan fingerprint density at radius 3 is 2.27 bits per heavy atom. The Morgan fingerprint density at radius 2 is 1.64 bits per heavy atom. The quantitative estimate of drug-likeness (QED) is 0.457. The van der Waals surface area contributed by atoms with E-state index >= 15 is 0 Å². The third-order valence-corrected chi connectivity index (χ3v) is 5.15. The maximum absolute atomic E-state index is 13.3. The van der Waals surface area contributed by atoms with Crippen LogP contribution in [0.2, 0.25) is 0 Å². The zero-order valence-corrected chi connectivity index (χ0v) is 18.1. The Balaban J connectivity index is 1.93. The fourth-order valence-corrected chi connectivity index (χ4v) is 3.70. The Kier molecular flexibility index (Phi) is 5.95. The first-order valence-corrected chi connectivity index (χ1v) is 10.3. The van der Waals surface area contributed by atoms with Crippen LogP contribution in [0.25, 0.3) is 11.4 Å². The monoisotopic (exact) mass is 446 g/mol. The van der Waals surface area contributed by atoms with Gasteiger partial charge in [-0.2, -0.15) is 4.68 Å². The summed E-state index contributed by atoms with van der Waals surface area (Å²) >= 11 is 0. The van der Waals surface area contributed by atoms with Gasteiger partial charge in [-0.3, -0.25) is 4.79 Å². The number of aromatic nitrogens is 3. The molecule has 0 saturated carbocycles. The molecule has 0 atom stereocenters. The van der Waals surface area contributed by atoms with E-state index in [1.54, 1.807) is 79.5 Å². The molecule has 4 rings (SSSR count). The van der Waals surface area contributed by atoms with Crippen molar-refractivity contribution in [3.05, 3.63) is 105 Å². The van der Waals surface area contributed by atoms with Crippen molar-refractivity contribution in [3.63, 3.8) is 0 Å². The average molecular weight is 446 g/mol. The first-order valence-electron chi connectivity index (χ1n) is 10.3. The van der Waals surface area contributed by atoms with Crippen LogP contribution in [0.5, 0.6) is 0 Å². The van der Waals surface area contributed by atoms with Crippen molar-refractivity contribution in [1.82, 2.24) is 19.2 Å². The average Bonchev–Trinajstić information content (AvgIpc) is 3.12. The summed E-state index contributed by atoms with van der Waals surface area (Å²) < 4.78 is 7.15. The predicted molar refractivity (Wildman–Crippen MR) is 122 cm³/mol. The van der Waals surface area contributed by atoms with E-state index in [0.29, 0.717) is 11.3 Å². The molecule has 9 nitrogen and oxygen atoms in total. The molecular weight excluding hydrogens is 424 g/mol. The van der Waals surface area contributed by atoms with Crippen molar-refractivity contribution in [3.8, 4) is 5.69 Å². The fourth-order valence-electron chi connectivity index (χ4n) is 3.70. The third kappa shape index (κ3) is 4.08. The van der Waals surface area contributed by atoms with Gasteiger partial charge in [-0.25, -0.2) is 24.0 Å². The van der Waals surface area contributed by atoms with Crippen LogP contribution in [0.1, 0.15) is 17.3 Å². The summed E-state index contributed by atoms with van der Waals surface area (Å²) in [5, 5.41) is 2.49. The highest BCUT2D eigenvalue weighted by molar-refractivity contribution is 6.17. The SMILES string of the molecule is CCOC(=O)C1=C(C(=O)c2ccccc2)CN(C)C=C1n1[nH]c(=O)n(-c2ccccc2)c1=O. The molecule has 3 aromatic rings. The van der Waals surface area contributed by atoms with Gasteiger partial charge in [0.1, 0.15) is 0 Å². The van der Waals surface area contributed by atoms with Crippen LogP contribution in [0.3, 0.4) is 0 Å². The number of carbonyl (C=O) groups excluding carboxylic acids is 2. The fraction of sp³-hybridized carbons (Fsp3) is 0.167. The number of hydrogen-bond donors (Lipinski definition) is 1. The topological polar surface area (TPSA) is 106 Å². The van der Waals surface area contributed by atoms with Gasteiger partial charge in [0.25, 0.3) is 0 Å². The molecule has 33 heavy (non-hydrogen) atoms. The normalized spacial score (nSPS) is 13.6. The molecule has 1 aliphatic heterocycles. The number of hydrogen-bond acceptors (Lipinski definition) is 6. The van der Waals surface area contributed by atoms with Crippen LogP contribution in [0.4, 0.5) is 0 Å². The minimum atomic E-state index is -0.753. The van der Waals surface area contributed by atoms with Gasteiger partial charge in [-0.1, -0.05) is 48.5 Å². The summed E-state index contributed by atoms with van der Waals surface area (Å²) in [4.78, 5) is 53.9. The van der Waals surface area contributed by atoms with Crippen molar-refractivity contribution in [2.24, 2.45) is 0 Å². The van der Waals surface area contributed by atoms with Gasteiger partial charge >= 0.3 is 17.3 Å². The van der Waals surface area contributed by atoms with Crippen LogP contribution in [-0.2, 0) is 9.53 Å². The summed E-state index contributed by atoms with van der Waals surface area (Å²) in [6.45, 7) is 1.86. The molecule has 2 aromatic carbocycles. The minimum absolute atomic E-state index is 0.0539. The molecule has 1 N–H and O–H groups in total. The smallest absolute Gasteiger partial charge is 0.356 e. The summed E-state index contributed by atoms with van der Waals surface area (Å²) in [5.74, 6) is -1.12. The van der Waals surface area contributed by atoms with Crippen LogP contribution >= 0.6 is 0 Å². The van der Waals surface area contributed by atoms with E-state index in [0.717, 1.165) is 9.25 Å². The van der Waals surface area contributed by atoms with Gasteiger partial charge in [0.05, 0.1) is 23.6 Å². The second-order valence-electron chi connectivity index (χ2n) is 7.40. The number of ketones is 1. The largest absolute Gasteiger partial charge is 0.462 e. The van der Waals surface area contributed by atoms with Crippen LogP contribution in [-0.4, -0.2) is 51.2 Å². The molecule has 168 valence electrons. The number of benzene rings is 2. The Bertz CT molecular complexity index is 1380. The van der Waals surface area contributed by atoms with E-state index in [9.17, 15) is 19.2 Å². The molecule has 0 unspecified atom stereocenters. The predicted octanol–water partition coefficient (Wildman–Crippen LogP) is 1.81. The molecule has 0 spiro atoms. The molecule has 0 aliphatic carbocycles. The summed E-state index contributed by atoms with van der Waals surface area (Å²) in [7, 11) is 1.71. The lowest BCUT2D eigenvalue weighted by molar-refractivity contribution is -0.138. The number of H-pyrrole nitrogens is 1. The molecular formula is C24H22N4O5. The van der Waals surface area contributed by atoms with E-state index in [1.807, 2.05) is 0 Å². The van der Waals surface area contributed by atoms with Gasteiger partial charge < -0.3 is 9.64 Å². The van der Waals surface area contributed by atoms with E-state index in [4.69, 9.17) is 4.74 Å². The zero-order valence-electron chi connectivity index (χ0n) is 18.1. The van der Waals surface area contributed by atoms with Gasteiger partial charge in [-0.05, 0) is 19.1 Å². The molecule has 2 heterocycles. The summed E-state index contributed by atoms with van der Waals surface area (Å²) in [5.41, 5.74) is -0.466. The molecule has 9 heteroatoms. The molecule has 1 aromatic heterocycles. The maximum Gasteiger partial charge on any atom is 0.356 e. The number of nitrogens with zero attached hydrogens (tertiary/aromatic N) is 3. The molecule has 0 radical (unpaired) electrons. The first-order chi connectivity index (χ1) is 15.9. The number of Topliss-reactive ketones (excluding diaryl/α,β-unsaturated/α-hetero) is 1. The second-order valence-corrected chi connectivity index (χ2v) is 7.40. The number of rotatable bonds is 6. The zero-order chi connectivity index (χ0) is 23.5. The second kappa shape index (κ2) is 8.99. The molecule has 1 aliphatic rings. The molecule has 0 fully saturated rings. The van der Waals surface area contributed by atoms with Crippen LogP contribution < -0.4 is 11.4 Å². The summed E-state index contributed by atoms with van der Waals surface area (Å²) in [6, 6.07) is 16.9. The lowest BCUT2D eigenvalue weighted by atomic mass is 9.94. The molecule has 0 saturated heterocycles. The maximum atomic E-state index is 13.3. The van der Waals surface area contributed by atoms with E-state index < -0.39 is 17.3 Å².